The maximum atomic E-state index is 5.85. The Hall–Kier alpha value is -1.67. The van der Waals surface area contributed by atoms with Gasteiger partial charge in [0.25, 0.3) is 0 Å². The maximum Gasteiger partial charge on any atom is 0.127 e. The molecule has 3 heteroatoms. The third-order valence-electron chi connectivity index (χ3n) is 3.30. The third-order valence-corrected chi connectivity index (χ3v) is 3.55. The van der Waals surface area contributed by atoms with Crippen LogP contribution in [0.4, 0.5) is 5.69 Å². The molecule has 1 N–H and O–H groups in total. The highest BCUT2D eigenvalue weighted by Gasteiger charge is 2.06. The smallest absolute Gasteiger partial charge is 0.127 e. The van der Waals surface area contributed by atoms with Gasteiger partial charge in [0.2, 0.25) is 0 Å². The minimum atomic E-state index is 0.443. The summed E-state index contributed by atoms with van der Waals surface area (Å²) in [4.78, 5) is 0. The number of hydrogen-bond donors (Lipinski definition) is 1. The van der Waals surface area contributed by atoms with Crippen LogP contribution in [-0.4, -0.2) is 6.04 Å². The van der Waals surface area contributed by atoms with E-state index in [1.54, 1.807) is 0 Å². The first-order valence-electron chi connectivity index (χ1n) is 6.84. The number of rotatable bonds is 5. The first-order chi connectivity index (χ1) is 9.54. The molecule has 2 aromatic carbocycles. The van der Waals surface area contributed by atoms with E-state index in [0.717, 1.165) is 17.2 Å². The van der Waals surface area contributed by atoms with Gasteiger partial charge in [-0.05, 0) is 61.4 Å². The molecule has 2 rings (SSSR count). The van der Waals surface area contributed by atoms with Gasteiger partial charge in [-0.3, -0.25) is 0 Å². The molecule has 0 aliphatic carbocycles. The molecule has 0 radical (unpaired) electrons. The van der Waals surface area contributed by atoms with Crippen molar-refractivity contribution in [3.8, 4) is 11.5 Å². The van der Waals surface area contributed by atoms with Crippen molar-refractivity contribution in [2.75, 3.05) is 5.32 Å². The summed E-state index contributed by atoms with van der Waals surface area (Å²) in [5.74, 6) is 2.20. The lowest BCUT2D eigenvalue weighted by Gasteiger charge is -2.19. The zero-order valence-electron chi connectivity index (χ0n) is 12.1. The fourth-order valence-corrected chi connectivity index (χ4v) is 1.81. The molecule has 0 fully saturated rings. The molecule has 0 saturated carbocycles. The standard InChI is InChI=1S/C17H20ClNO/c1-12(2)13(3)19-15-6-10-17(11-7-15)20-16-8-4-14(18)5-9-16/h4-13,19H,1-3H3. The quantitative estimate of drug-likeness (QED) is 0.775. The van der Waals surface area contributed by atoms with Gasteiger partial charge >= 0.3 is 0 Å². The van der Waals surface area contributed by atoms with Crippen molar-refractivity contribution in [3.63, 3.8) is 0 Å². The second-order valence-electron chi connectivity index (χ2n) is 5.26. The van der Waals surface area contributed by atoms with E-state index in [1.807, 2.05) is 48.5 Å². The van der Waals surface area contributed by atoms with Gasteiger partial charge in [0.05, 0.1) is 0 Å². The summed E-state index contributed by atoms with van der Waals surface area (Å²) in [7, 11) is 0. The minimum absolute atomic E-state index is 0.443. The molecule has 1 unspecified atom stereocenters. The number of ether oxygens (including phenoxy) is 1. The van der Waals surface area contributed by atoms with Gasteiger partial charge in [0.1, 0.15) is 11.5 Å². The van der Waals surface area contributed by atoms with E-state index in [9.17, 15) is 0 Å². The Morgan fingerprint density at radius 2 is 1.35 bits per heavy atom. The first-order valence-corrected chi connectivity index (χ1v) is 7.22. The average molecular weight is 290 g/mol. The van der Waals surface area contributed by atoms with E-state index in [1.165, 1.54) is 0 Å². The largest absolute Gasteiger partial charge is 0.457 e. The van der Waals surface area contributed by atoms with E-state index >= 15 is 0 Å². The topological polar surface area (TPSA) is 21.3 Å². The van der Waals surface area contributed by atoms with E-state index in [-0.39, 0.29) is 0 Å². The number of nitrogens with one attached hydrogen (secondary N) is 1. The van der Waals surface area contributed by atoms with Crippen molar-refractivity contribution in [1.29, 1.82) is 0 Å². The predicted octanol–water partition coefficient (Wildman–Crippen LogP) is 5.59. The van der Waals surface area contributed by atoms with Gasteiger partial charge in [0.15, 0.2) is 0 Å². The van der Waals surface area contributed by atoms with Crippen LogP contribution in [0, 0.1) is 5.92 Å². The Balaban J connectivity index is 1.99. The lowest BCUT2D eigenvalue weighted by molar-refractivity contribution is 0.482. The highest BCUT2D eigenvalue weighted by Crippen LogP contribution is 2.24. The number of hydrogen-bond acceptors (Lipinski definition) is 2. The lowest BCUT2D eigenvalue weighted by atomic mass is 10.1. The van der Waals surface area contributed by atoms with E-state index < -0.39 is 0 Å². The Morgan fingerprint density at radius 3 is 1.85 bits per heavy atom. The summed E-state index contributed by atoms with van der Waals surface area (Å²) in [6, 6.07) is 15.8. The number of anilines is 1. The van der Waals surface area contributed by atoms with Crippen molar-refractivity contribution in [2.24, 2.45) is 5.92 Å². The van der Waals surface area contributed by atoms with Gasteiger partial charge in [-0.25, -0.2) is 0 Å². The van der Waals surface area contributed by atoms with Crippen LogP contribution in [-0.2, 0) is 0 Å². The summed E-state index contributed by atoms with van der Waals surface area (Å²) in [6.07, 6.45) is 0. The highest BCUT2D eigenvalue weighted by atomic mass is 35.5. The Kier molecular flexibility index (Phi) is 4.91. The lowest BCUT2D eigenvalue weighted by Crippen LogP contribution is -2.21. The molecule has 0 amide bonds. The maximum absolute atomic E-state index is 5.85. The van der Waals surface area contributed by atoms with Crippen molar-refractivity contribution >= 4 is 17.3 Å². The monoisotopic (exact) mass is 289 g/mol. The minimum Gasteiger partial charge on any atom is -0.457 e. The van der Waals surface area contributed by atoms with Crippen LogP contribution in [0.1, 0.15) is 20.8 Å². The fraction of sp³-hybridized carbons (Fsp3) is 0.294. The Morgan fingerprint density at radius 1 is 0.850 bits per heavy atom. The molecule has 0 spiro atoms. The zero-order valence-corrected chi connectivity index (χ0v) is 12.8. The molecule has 0 aliphatic rings. The average Bonchev–Trinajstić information content (AvgIpc) is 2.43. The van der Waals surface area contributed by atoms with E-state index in [2.05, 4.69) is 26.1 Å². The Labute approximate surface area is 125 Å². The SMILES string of the molecule is CC(C)C(C)Nc1ccc(Oc2ccc(Cl)cc2)cc1. The number of halogens is 1. The van der Waals surface area contributed by atoms with Gasteiger partial charge < -0.3 is 10.1 Å². The summed E-state index contributed by atoms with van der Waals surface area (Å²) in [6.45, 7) is 6.59. The summed E-state index contributed by atoms with van der Waals surface area (Å²) in [5, 5.41) is 4.17. The van der Waals surface area contributed by atoms with Gasteiger partial charge in [-0.2, -0.15) is 0 Å². The van der Waals surface area contributed by atoms with E-state index in [0.29, 0.717) is 17.0 Å². The van der Waals surface area contributed by atoms with Gasteiger partial charge in [-0.1, -0.05) is 25.4 Å². The molecular weight excluding hydrogens is 270 g/mol. The van der Waals surface area contributed by atoms with Gasteiger partial charge in [0, 0.05) is 16.8 Å². The van der Waals surface area contributed by atoms with Crippen molar-refractivity contribution in [1.82, 2.24) is 0 Å². The molecule has 0 saturated heterocycles. The van der Waals surface area contributed by atoms with E-state index in [4.69, 9.17) is 16.3 Å². The van der Waals surface area contributed by atoms with Crippen LogP contribution >= 0.6 is 11.6 Å². The molecule has 2 nitrogen and oxygen atoms in total. The van der Waals surface area contributed by atoms with Crippen molar-refractivity contribution in [3.05, 3.63) is 53.6 Å². The van der Waals surface area contributed by atoms with Crippen molar-refractivity contribution in [2.45, 2.75) is 26.8 Å². The normalized spacial score (nSPS) is 12.2. The van der Waals surface area contributed by atoms with Crippen LogP contribution in [0.15, 0.2) is 48.5 Å². The molecule has 106 valence electrons. The predicted molar refractivity (Wildman–Crippen MR) is 85.9 cm³/mol. The third kappa shape index (κ3) is 4.17. The van der Waals surface area contributed by atoms with Crippen LogP contribution in [0.3, 0.4) is 0 Å². The second-order valence-corrected chi connectivity index (χ2v) is 5.69. The van der Waals surface area contributed by atoms with Crippen LogP contribution < -0.4 is 10.1 Å². The van der Waals surface area contributed by atoms with Crippen LogP contribution in [0.5, 0.6) is 11.5 Å². The molecule has 0 aromatic heterocycles. The Bertz CT molecular complexity index is 534. The molecular formula is C17H20ClNO. The fourth-order valence-electron chi connectivity index (χ4n) is 1.69. The summed E-state index contributed by atoms with van der Waals surface area (Å²) < 4.78 is 5.75. The zero-order chi connectivity index (χ0) is 14.5. The molecule has 1 atom stereocenters. The van der Waals surface area contributed by atoms with Crippen LogP contribution in [0.2, 0.25) is 5.02 Å². The first kappa shape index (κ1) is 14.7. The van der Waals surface area contributed by atoms with Crippen molar-refractivity contribution < 1.29 is 4.74 Å². The van der Waals surface area contributed by atoms with Gasteiger partial charge in [-0.15, -0.1) is 0 Å². The van der Waals surface area contributed by atoms with Crippen LogP contribution in [0.25, 0.3) is 0 Å². The highest BCUT2D eigenvalue weighted by molar-refractivity contribution is 6.30. The summed E-state index contributed by atoms with van der Waals surface area (Å²) >= 11 is 5.85. The molecule has 0 aliphatic heterocycles. The number of benzene rings is 2. The molecule has 0 heterocycles. The molecule has 2 aromatic rings. The molecule has 0 bridgehead atoms. The second kappa shape index (κ2) is 6.67. The summed E-state index contributed by atoms with van der Waals surface area (Å²) in [5.41, 5.74) is 1.11. The molecule has 20 heavy (non-hydrogen) atoms.